The minimum Gasteiger partial charge on any atom is -0.290 e. The fourth-order valence-corrected chi connectivity index (χ4v) is 2.83. The number of aromatic nitrogens is 5. The minimum atomic E-state index is -0.261. The summed E-state index contributed by atoms with van der Waals surface area (Å²) in [5.41, 5.74) is 3.85. The second-order valence-corrected chi connectivity index (χ2v) is 5.58. The average Bonchev–Trinajstić information content (AvgIpc) is 3.23. The maximum atomic E-state index is 12.4. The van der Waals surface area contributed by atoms with Crippen LogP contribution in [0.5, 0.6) is 0 Å². The van der Waals surface area contributed by atoms with Gasteiger partial charge in [-0.2, -0.15) is 14.8 Å². The number of benzene rings is 1. The lowest BCUT2D eigenvalue weighted by atomic mass is 10.2. The van der Waals surface area contributed by atoms with Crippen molar-refractivity contribution in [2.75, 3.05) is 5.32 Å². The van der Waals surface area contributed by atoms with Gasteiger partial charge in [-0.15, -0.1) is 11.3 Å². The van der Waals surface area contributed by atoms with Crippen LogP contribution in [-0.2, 0) is 0 Å². The molecule has 7 nitrogen and oxygen atoms in total. The van der Waals surface area contributed by atoms with Crippen LogP contribution in [0.15, 0.2) is 54.6 Å². The van der Waals surface area contributed by atoms with Crippen molar-refractivity contribution in [2.45, 2.75) is 0 Å². The van der Waals surface area contributed by atoms with Crippen LogP contribution in [0.3, 0.4) is 0 Å². The summed E-state index contributed by atoms with van der Waals surface area (Å²) < 4.78 is 2.59. The van der Waals surface area contributed by atoms with Crippen LogP contribution in [0.25, 0.3) is 15.9 Å². The molecule has 8 heteroatoms. The van der Waals surface area contributed by atoms with Crippen LogP contribution in [0.2, 0.25) is 0 Å². The first-order valence-corrected chi connectivity index (χ1v) is 7.64. The van der Waals surface area contributed by atoms with Crippen molar-refractivity contribution >= 4 is 33.4 Å². The number of amides is 1. The lowest BCUT2D eigenvalue weighted by molar-refractivity contribution is 0.102. The molecular formula is C15H10N6OS. The Kier molecular flexibility index (Phi) is 3.28. The van der Waals surface area contributed by atoms with E-state index in [0.29, 0.717) is 11.5 Å². The number of nitrogens with zero attached hydrogens (tertiary/aromatic N) is 5. The average molecular weight is 322 g/mol. The van der Waals surface area contributed by atoms with Gasteiger partial charge in [0.1, 0.15) is 6.33 Å². The molecule has 0 saturated heterocycles. The topological polar surface area (TPSA) is 85.6 Å². The highest BCUT2D eigenvalue weighted by molar-refractivity contribution is 7.16. The van der Waals surface area contributed by atoms with Crippen molar-refractivity contribution in [3.05, 3.63) is 60.1 Å². The minimum absolute atomic E-state index is 0.261. The molecule has 0 aliphatic rings. The van der Waals surface area contributed by atoms with E-state index < -0.39 is 0 Å². The van der Waals surface area contributed by atoms with E-state index in [-0.39, 0.29) is 5.91 Å². The third-order valence-corrected chi connectivity index (χ3v) is 4.08. The van der Waals surface area contributed by atoms with Gasteiger partial charge in [0.2, 0.25) is 5.95 Å². The smallest absolute Gasteiger partial charge is 0.258 e. The Morgan fingerprint density at radius 1 is 1.13 bits per heavy atom. The van der Waals surface area contributed by atoms with Crippen molar-refractivity contribution in [2.24, 2.45) is 0 Å². The molecule has 0 saturated carbocycles. The zero-order valence-electron chi connectivity index (χ0n) is 11.7. The molecule has 0 bridgehead atoms. The summed E-state index contributed by atoms with van der Waals surface area (Å²) in [6.45, 7) is 0. The molecule has 0 radical (unpaired) electrons. The summed E-state index contributed by atoms with van der Waals surface area (Å²) in [5, 5.41) is 6.90. The normalized spacial score (nSPS) is 10.8. The molecule has 0 fully saturated rings. The van der Waals surface area contributed by atoms with Gasteiger partial charge in [0.25, 0.3) is 5.91 Å². The van der Waals surface area contributed by atoms with Gasteiger partial charge >= 0.3 is 0 Å². The molecule has 0 aliphatic heterocycles. The number of fused-ring (bicyclic) bond motifs is 1. The predicted octanol–water partition coefficient (Wildman–Crippen LogP) is 2.52. The zero-order chi connectivity index (χ0) is 15.6. The number of nitrogens with one attached hydrogen (secondary N) is 1. The highest BCUT2D eigenvalue weighted by atomic mass is 32.1. The quantitative estimate of drug-likeness (QED) is 0.626. The van der Waals surface area contributed by atoms with Crippen LogP contribution in [-0.4, -0.2) is 30.6 Å². The van der Waals surface area contributed by atoms with E-state index >= 15 is 0 Å². The Hall–Kier alpha value is -3.13. The number of hydrogen-bond acceptors (Lipinski definition) is 6. The molecule has 0 spiro atoms. The molecule has 112 valence electrons. The van der Waals surface area contributed by atoms with Crippen LogP contribution in [0.1, 0.15) is 10.4 Å². The second kappa shape index (κ2) is 5.58. The molecule has 3 heterocycles. The van der Waals surface area contributed by atoms with Crippen LogP contribution in [0, 0.1) is 0 Å². The third-order valence-electron chi connectivity index (χ3n) is 3.27. The summed E-state index contributed by atoms with van der Waals surface area (Å²) in [7, 11) is 0. The first-order chi connectivity index (χ1) is 11.3. The second-order valence-electron chi connectivity index (χ2n) is 4.69. The van der Waals surface area contributed by atoms with E-state index in [1.807, 2.05) is 6.07 Å². The standard InChI is InChI=1S/C15H10N6OS/c22-14(10-1-2-13-12(7-10)18-9-23-13)20-15-17-8-19-21(15)11-3-5-16-6-4-11/h1-9H,(H,17,19,20,22). The first-order valence-electron chi connectivity index (χ1n) is 6.76. The van der Waals surface area contributed by atoms with E-state index in [2.05, 4.69) is 25.4 Å². The number of carbonyl (C=O) groups is 1. The van der Waals surface area contributed by atoms with Crippen molar-refractivity contribution in [3.8, 4) is 5.69 Å². The molecule has 1 amide bonds. The predicted molar refractivity (Wildman–Crippen MR) is 86.7 cm³/mol. The maximum absolute atomic E-state index is 12.4. The van der Waals surface area contributed by atoms with Crippen LogP contribution >= 0.6 is 11.3 Å². The summed E-state index contributed by atoms with van der Waals surface area (Å²) >= 11 is 1.54. The van der Waals surface area contributed by atoms with Gasteiger partial charge in [-0.05, 0) is 30.3 Å². The van der Waals surface area contributed by atoms with Gasteiger partial charge in [0, 0.05) is 18.0 Å². The monoisotopic (exact) mass is 322 g/mol. The maximum Gasteiger partial charge on any atom is 0.258 e. The molecule has 0 atom stereocenters. The molecule has 1 aromatic carbocycles. The van der Waals surface area contributed by atoms with Gasteiger partial charge < -0.3 is 0 Å². The Morgan fingerprint density at radius 3 is 2.87 bits per heavy atom. The molecule has 4 aromatic rings. The van der Waals surface area contributed by atoms with Crippen molar-refractivity contribution < 1.29 is 4.79 Å². The van der Waals surface area contributed by atoms with Gasteiger partial charge in [0.05, 0.1) is 21.4 Å². The largest absolute Gasteiger partial charge is 0.290 e. The lowest BCUT2D eigenvalue weighted by Crippen LogP contribution is -2.16. The molecule has 4 rings (SSSR count). The van der Waals surface area contributed by atoms with E-state index in [0.717, 1.165) is 15.9 Å². The molecule has 3 aromatic heterocycles. The van der Waals surface area contributed by atoms with E-state index in [4.69, 9.17) is 0 Å². The fourth-order valence-electron chi connectivity index (χ4n) is 2.17. The van der Waals surface area contributed by atoms with Gasteiger partial charge in [-0.25, -0.2) is 4.98 Å². The Bertz CT molecular complexity index is 978. The lowest BCUT2D eigenvalue weighted by Gasteiger charge is -2.07. The first kappa shape index (κ1) is 13.5. The van der Waals surface area contributed by atoms with Crippen molar-refractivity contribution in [1.82, 2.24) is 24.7 Å². The van der Waals surface area contributed by atoms with Crippen LogP contribution in [0.4, 0.5) is 5.95 Å². The molecular weight excluding hydrogens is 312 g/mol. The number of hydrogen-bond donors (Lipinski definition) is 1. The fraction of sp³-hybridized carbons (Fsp3) is 0. The van der Waals surface area contributed by atoms with Gasteiger partial charge in [-0.1, -0.05) is 0 Å². The number of carbonyl (C=O) groups excluding carboxylic acids is 1. The molecule has 1 N–H and O–H groups in total. The van der Waals surface area contributed by atoms with E-state index in [1.54, 1.807) is 46.9 Å². The molecule has 0 unspecified atom stereocenters. The number of thiazole rings is 1. The van der Waals surface area contributed by atoms with Crippen LogP contribution < -0.4 is 5.32 Å². The summed E-state index contributed by atoms with van der Waals surface area (Å²) in [6, 6.07) is 8.98. The molecule has 0 aliphatic carbocycles. The highest BCUT2D eigenvalue weighted by Gasteiger charge is 2.13. The van der Waals surface area contributed by atoms with Gasteiger partial charge in [0.15, 0.2) is 0 Å². The zero-order valence-corrected chi connectivity index (χ0v) is 12.6. The summed E-state index contributed by atoms with van der Waals surface area (Å²) in [6.07, 6.45) is 4.69. The SMILES string of the molecule is O=C(Nc1ncnn1-c1ccncc1)c1ccc2scnc2c1. The molecule has 23 heavy (non-hydrogen) atoms. The van der Waals surface area contributed by atoms with Crippen molar-refractivity contribution in [1.29, 1.82) is 0 Å². The Balaban J connectivity index is 1.63. The summed E-state index contributed by atoms with van der Waals surface area (Å²) in [4.78, 5) is 24.7. The highest BCUT2D eigenvalue weighted by Crippen LogP contribution is 2.19. The third kappa shape index (κ3) is 2.55. The Morgan fingerprint density at radius 2 is 2.00 bits per heavy atom. The van der Waals surface area contributed by atoms with Gasteiger partial charge in [-0.3, -0.25) is 15.1 Å². The number of pyridine rings is 1. The van der Waals surface area contributed by atoms with Crippen molar-refractivity contribution in [3.63, 3.8) is 0 Å². The summed E-state index contributed by atoms with van der Waals surface area (Å²) in [5.74, 6) is 0.0859. The van der Waals surface area contributed by atoms with E-state index in [1.165, 1.54) is 17.7 Å². The Labute approximate surface area is 134 Å². The number of rotatable bonds is 3. The number of anilines is 1. The van der Waals surface area contributed by atoms with E-state index in [9.17, 15) is 4.79 Å².